The molecule has 0 bridgehead atoms. The number of para-hydroxylation sites is 1. The second kappa shape index (κ2) is 8.74. The molecule has 1 heterocycles. The van der Waals surface area contributed by atoms with Gasteiger partial charge in [0.25, 0.3) is 0 Å². The van der Waals surface area contributed by atoms with Crippen molar-refractivity contribution in [2.24, 2.45) is 0 Å². The zero-order valence-electron chi connectivity index (χ0n) is 17.4. The summed E-state index contributed by atoms with van der Waals surface area (Å²) in [7, 11) is 1.37. The number of carbonyl (C=O) groups is 1. The third kappa shape index (κ3) is 3.90. The van der Waals surface area contributed by atoms with Crippen LogP contribution in [0, 0.1) is 13.8 Å². The third-order valence-electron chi connectivity index (χ3n) is 4.78. The van der Waals surface area contributed by atoms with Gasteiger partial charge in [-0.1, -0.05) is 30.8 Å². The Morgan fingerprint density at radius 1 is 1.14 bits per heavy atom. The van der Waals surface area contributed by atoms with E-state index in [2.05, 4.69) is 0 Å². The molecule has 0 saturated carbocycles. The van der Waals surface area contributed by atoms with Gasteiger partial charge in [-0.05, 0) is 56.4 Å². The Labute approximate surface area is 174 Å². The summed E-state index contributed by atoms with van der Waals surface area (Å²) in [6, 6.07) is 11.1. The first-order chi connectivity index (χ1) is 13.9. The molecule has 3 aromatic rings. The molecule has 0 N–H and O–H groups in total. The lowest BCUT2D eigenvalue weighted by Crippen LogP contribution is -2.21. The Morgan fingerprint density at radius 3 is 2.52 bits per heavy atom. The van der Waals surface area contributed by atoms with Crippen LogP contribution in [-0.4, -0.2) is 25.4 Å². The number of methoxy groups -OCH3 is 1. The van der Waals surface area contributed by atoms with Crippen molar-refractivity contribution in [1.29, 1.82) is 0 Å². The maximum absolute atomic E-state index is 13.0. The van der Waals surface area contributed by atoms with Crippen LogP contribution in [0.1, 0.15) is 35.3 Å². The summed E-state index contributed by atoms with van der Waals surface area (Å²) >= 11 is 1.51. The third-order valence-corrected chi connectivity index (χ3v) is 5.72. The van der Waals surface area contributed by atoms with E-state index in [-0.39, 0.29) is 5.43 Å². The van der Waals surface area contributed by atoms with Crippen molar-refractivity contribution in [2.75, 3.05) is 24.3 Å². The SMILES string of the molecule is CCSc1oc2c(N(CC)c3ccccc3C(=O)OC)cc(C)cc2c(=O)c1C. The lowest BCUT2D eigenvalue weighted by atomic mass is 10.1. The number of nitrogens with zero attached hydrogens (tertiary/aromatic N) is 1. The van der Waals surface area contributed by atoms with Crippen LogP contribution >= 0.6 is 11.8 Å². The highest BCUT2D eigenvalue weighted by molar-refractivity contribution is 7.99. The molecule has 6 heteroatoms. The van der Waals surface area contributed by atoms with Crippen molar-refractivity contribution in [3.8, 4) is 0 Å². The quantitative estimate of drug-likeness (QED) is 0.396. The topological polar surface area (TPSA) is 59.8 Å². The molecule has 0 unspecified atom stereocenters. The average molecular weight is 412 g/mol. The minimum absolute atomic E-state index is 0.0237. The molecule has 0 amide bonds. The molecule has 0 spiro atoms. The summed E-state index contributed by atoms with van der Waals surface area (Å²) in [5, 5.41) is 1.18. The van der Waals surface area contributed by atoms with Crippen molar-refractivity contribution in [2.45, 2.75) is 32.8 Å². The maximum Gasteiger partial charge on any atom is 0.339 e. The van der Waals surface area contributed by atoms with Crippen LogP contribution < -0.4 is 10.3 Å². The number of anilines is 2. The first-order valence-electron chi connectivity index (χ1n) is 9.58. The van der Waals surface area contributed by atoms with E-state index in [4.69, 9.17) is 9.15 Å². The number of benzene rings is 2. The first-order valence-corrected chi connectivity index (χ1v) is 10.6. The summed E-state index contributed by atoms with van der Waals surface area (Å²) in [5.74, 6) is 0.398. The summed E-state index contributed by atoms with van der Waals surface area (Å²) in [6.07, 6.45) is 0. The fraction of sp³-hybridized carbons (Fsp3) is 0.304. The Bertz CT molecular complexity index is 1120. The van der Waals surface area contributed by atoms with Crippen LogP contribution in [0.4, 0.5) is 11.4 Å². The number of thioether (sulfide) groups is 1. The molecule has 5 nitrogen and oxygen atoms in total. The van der Waals surface area contributed by atoms with Gasteiger partial charge in [0.05, 0.1) is 29.4 Å². The Kier molecular flexibility index (Phi) is 6.33. The molecule has 2 aromatic carbocycles. The maximum atomic E-state index is 13.0. The number of carbonyl (C=O) groups excluding carboxylic acids is 1. The van der Waals surface area contributed by atoms with Gasteiger partial charge in [-0.2, -0.15) is 0 Å². The molecule has 3 rings (SSSR count). The normalized spacial score (nSPS) is 10.9. The van der Waals surface area contributed by atoms with Crippen LogP contribution in [0.15, 0.2) is 50.7 Å². The minimum atomic E-state index is -0.407. The largest absolute Gasteiger partial charge is 0.465 e. The number of hydrogen-bond donors (Lipinski definition) is 0. The van der Waals surface area contributed by atoms with Gasteiger partial charge in [-0.3, -0.25) is 4.79 Å². The summed E-state index contributed by atoms with van der Waals surface area (Å²) < 4.78 is 11.2. The molecule has 0 radical (unpaired) electrons. The highest BCUT2D eigenvalue weighted by Gasteiger charge is 2.22. The molecule has 1 aromatic heterocycles. The molecule has 0 saturated heterocycles. The number of aryl methyl sites for hydroxylation is 1. The van der Waals surface area contributed by atoms with Gasteiger partial charge in [0, 0.05) is 12.1 Å². The van der Waals surface area contributed by atoms with Gasteiger partial charge in [-0.25, -0.2) is 4.79 Å². The van der Waals surface area contributed by atoms with E-state index in [1.165, 1.54) is 18.9 Å². The summed E-state index contributed by atoms with van der Waals surface area (Å²) in [6.45, 7) is 8.35. The van der Waals surface area contributed by atoms with Crippen LogP contribution in [0.2, 0.25) is 0 Å². The molecular weight excluding hydrogens is 386 g/mol. The molecule has 152 valence electrons. The van der Waals surface area contributed by atoms with E-state index in [0.29, 0.717) is 39.4 Å². The molecular formula is C23H25NO4S. The van der Waals surface area contributed by atoms with E-state index < -0.39 is 5.97 Å². The predicted octanol–water partition coefficient (Wildman–Crippen LogP) is 5.47. The van der Waals surface area contributed by atoms with Gasteiger partial charge in [0.2, 0.25) is 0 Å². The van der Waals surface area contributed by atoms with E-state index in [9.17, 15) is 9.59 Å². The van der Waals surface area contributed by atoms with Crippen molar-refractivity contribution in [1.82, 2.24) is 0 Å². The number of hydrogen-bond acceptors (Lipinski definition) is 6. The Hall–Kier alpha value is -2.73. The molecule has 0 aliphatic rings. The molecule has 0 fully saturated rings. The number of fused-ring (bicyclic) bond motifs is 1. The summed E-state index contributed by atoms with van der Waals surface area (Å²) in [5.41, 5.74) is 4.01. The average Bonchev–Trinajstić information content (AvgIpc) is 2.73. The number of rotatable bonds is 6. The van der Waals surface area contributed by atoms with Crippen LogP contribution in [0.5, 0.6) is 0 Å². The van der Waals surface area contributed by atoms with Crippen molar-refractivity contribution >= 4 is 40.1 Å². The summed E-state index contributed by atoms with van der Waals surface area (Å²) in [4.78, 5) is 27.3. The standard InChI is InChI=1S/C23H25NO4S/c1-6-24(18-11-9-8-10-16(18)22(26)27-5)19-13-14(3)12-17-20(25)15(4)23(29-7-2)28-21(17)19/h8-13H,6-7H2,1-5H3. The number of ether oxygens (including phenoxy) is 1. The fourth-order valence-electron chi connectivity index (χ4n) is 3.43. The Balaban J connectivity index is 2.33. The minimum Gasteiger partial charge on any atom is -0.465 e. The van der Waals surface area contributed by atoms with Gasteiger partial charge in [-0.15, -0.1) is 0 Å². The molecule has 0 aliphatic carbocycles. The first kappa shape index (κ1) is 21.0. The van der Waals surface area contributed by atoms with Gasteiger partial charge in [0.15, 0.2) is 16.1 Å². The highest BCUT2D eigenvalue weighted by atomic mass is 32.2. The smallest absolute Gasteiger partial charge is 0.339 e. The van der Waals surface area contributed by atoms with Crippen LogP contribution in [0.25, 0.3) is 11.0 Å². The van der Waals surface area contributed by atoms with Gasteiger partial charge in [0.1, 0.15) is 0 Å². The van der Waals surface area contributed by atoms with Crippen LogP contribution in [-0.2, 0) is 4.74 Å². The fourth-order valence-corrected chi connectivity index (χ4v) is 4.14. The monoisotopic (exact) mass is 411 g/mol. The van der Waals surface area contributed by atoms with E-state index in [0.717, 1.165) is 17.0 Å². The Morgan fingerprint density at radius 2 is 1.86 bits per heavy atom. The highest BCUT2D eigenvalue weighted by Crippen LogP contribution is 2.36. The zero-order chi connectivity index (χ0) is 21.1. The van der Waals surface area contributed by atoms with Gasteiger partial charge < -0.3 is 14.1 Å². The molecule has 0 aliphatic heterocycles. The number of esters is 1. The second-order valence-corrected chi connectivity index (χ2v) is 7.93. The van der Waals surface area contributed by atoms with E-state index in [1.807, 2.05) is 49.9 Å². The van der Waals surface area contributed by atoms with Crippen molar-refractivity contribution in [3.63, 3.8) is 0 Å². The predicted molar refractivity (Wildman–Crippen MR) is 119 cm³/mol. The van der Waals surface area contributed by atoms with Crippen molar-refractivity contribution < 1.29 is 13.9 Å². The second-order valence-electron chi connectivity index (χ2n) is 6.69. The molecule has 0 atom stereocenters. The zero-order valence-corrected chi connectivity index (χ0v) is 18.2. The molecule has 29 heavy (non-hydrogen) atoms. The lowest BCUT2D eigenvalue weighted by Gasteiger charge is -2.26. The van der Waals surface area contributed by atoms with Crippen LogP contribution in [0.3, 0.4) is 0 Å². The van der Waals surface area contributed by atoms with E-state index in [1.54, 1.807) is 19.1 Å². The lowest BCUT2D eigenvalue weighted by molar-refractivity contribution is 0.0601. The van der Waals surface area contributed by atoms with E-state index >= 15 is 0 Å². The van der Waals surface area contributed by atoms with Crippen molar-refractivity contribution in [3.05, 3.63) is 63.3 Å². The van der Waals surface area contributed by atoms with Gasteiger partial charge >= 0.3 is 5.97 Å².